The molecule has 0 radical (unpaired) electrons. The van der Waals surface area contributed by atoms with E-state index in [9.17, 15) is 4.79 Å². The van der Waals surface area contributed by atoms with E-state index in [4.69, 9.17) is 30.4 Å². The lowest BCUT2D eigenvalue weighted by Crippen LogP contribution is -2.71. The largest absolute Gasteiger partial charge is 0.473 e. The molecule has 3 aromatic rings. The number of hydrogen-bond donors (Lipinski definition) is 4. The highest BCUT2D eigenvalue weighted by molar-refractivity contribution is 6.41. The van der Waals surface area contributed by atoms with Crippen molar-refractivity contribution in [2.75, 3.05) is 33.4 Å². The number of ether oxygens (including phenoxy) is 1. The Morgan fingerprint density at radius 2 is 2.16 bits per heavy atom. The van der Waals surface area contributed by atoms with Gasteiger partial charge in [-0.15, -0.1) is 0 Å². The zero-order valence-corrected chi connectivity index (χ0v) is 26.4. The Kier molecular flexibility index (Phi) is 8.52. The molecule has 3 atom stereocenters. The summed E-state index contributed by atoms with van der Waals surface area (Å²) in [6.45, 7) is 3.12. The van der Waals surface area contributed by atoms with Gasteiger partial charge in [0.25, 0.3) is 5.91 Å². The highest BCUT2D eigenvalue weighted by Gasteiger charge is 2.49. The number of aliphatic imine (C=N–C) groups is 1. The van der Waals surface area contributed by atoms with E-state index >= 15 is 0 Å². The average molecular weight is 613 g/mol. The predicted octanol–water partition coefficient (Wildman–Crippen LogP) is 2.67. The first-order valence-corrected chi connectivity index (χ1v) is 15.7. The van der Waals surface area contributed by atoms with Crippen molar-refractivity contribution in [2.24, 2.45) is 4.99 Å². The Hall–Kier alpha value is -4.42. The summed E-state index contributed by atoms with van der Waals surface area (Å²) in [6.07, 6.45) is 11.6. The molecule has 0 saturated carbocycles. The first kappa shape index (κ1) is 30.6. The molecular weight excluding hydrogens is 570 g/mol. The maximum absolute atomic E-state index is 11.8. The Morgan fingerprint density at radius 3 is 2.91 bits per heavy atom. The normalized spacial score (nSPS) is 21.8. The third-order valence-corrected chi connectivity index (χ3v) is 9.54. The van der Waals surface area contributed by atoms with Crippen molar-refractivity contribution in [1.82, 2.24) is 25.3 Å². The lowest BCUT2D eigenvalue weighted by Gasteiger charge is -2.33. The Morgan fingerprint density at radius 1 is 1.31 bits per heavy atom. The monoisotopic (exact) mass is 612 g/mol. The Bertz CT molecular complexity index is 1680. The minimum absolute atomic E-state index is 0.0846. The van der Waals surface area contributed by atoms with Crippen molar-refractivity contribution in [3.63, 3.8) is 0 Å². The molecule has 2 aliphatic carbocycles. The van der Waals surface area contributed by atoms with Crippen LogP contribution < -0.4 is 21.1 Å². The highest BCUT2D eigenvalue weighted by Crippen LogP contribution is 2.54. The number of benzene rings is 1. The standard InChI is InChI=1S/C33H41N9O3/c1-19(25-8-6-16-42(25)4)44-27-17-26(38-15-12-24(35)32(43)37-3)39-31(40-27)29-21-7-5-13-33(30(21)45-41-29)14-11-20-9-10-23(34)22(18-36-2)28(20)33/h9-10,12,15,17-19,25,35H,5-8,11,13-14,16,34H2,1-4H3,(H,37,43)(H,38,39,40)/p+1/b15-12-,35-24?,36-18?. The smallest absolute Gasteiger partial charge is 0.269 e. The van der Waals surface area contributed by atoms with Crippen LogP contribution in [0.1, 0.15) is 67.0 Å². The van der Waals surface area contributed by atoms with E-state index in [1.165, 1.54) is 24.3 Å². The van der Waals surface area contributed by atoms with Crippen molar-refractivity contribution < 1.29 is 19.4 Å². The van der Waals surface area contributed by atoms with Gasteiger partial charge in [0.05, 0.1) is 11.5 Å². The number of aromatic nitrogens is 3. The lowest BCUT2D eigenvalue weighted by atomic mass is 9.68. The van der Waals surface area contributed by atoms with Gasteiger partial charge in [-0.05, 0) is 82.7 Å². The number of anilines is 1. The quantitative estimate of drug-likeness (QED) is 0.211. The van der Waals surface area contributed by atoms with Gasteiger partial charge in [0.15, 0.2) is 17.3 Å². The van der Waals surface area contributed by atoms with Crippen molar-refractivity contribution in [2.45, 2.75) is 69.4 Å². The van der Waals surface area contributed by atoms with E-state index in [-0.39, 0.29) is 17.2 Å². The summed E-state index contributed by atoms with van der Waals surface area (Å²) < 4.78 is 12.7. The van der Waals surface area contributed by atoms with Crippen LogP contribution in [0.4, 0.5) is 11.5 Å². The van der Waals surface area contributed by atoms with Crippen LogP contribution in [0, 0.1) is 5.41 Å². The molecule has 12 heteroatoms. The van der Waals surface area contributed by atoms with Gasteiger partial charge in [-0.25, -0.2) is 0 Å². The van der Waals surface area contributed by atoms with Crippen LogP contribution in [-0.2, 0) is 23.1 Å². The average Bonchev–Trinajstić information content (AvgIpc) is 3.76. The number of nitrogen functional groups attached to an aromatic ring is 1. The van der Waals surface area contributed by atoms with Crippen LogP contribution >= 0.6 is 0 Å². The summed E-state index contributed by atoms with van der Waals surface area (Å²) >= 11 is 0. The van der Waals surface area contributed by atoms with E-state index in [1.807, 2.05) is 12.3 Å². The second-order valence-electron chi connectivity index (χ2n) is 12.3. The van der Waals surface area contributed by atoms with Gasteiger partial charge in [0.1, 0.15) is 18.0 Å². The number of nitrogens with one attached hydrogen (secondary N) is 2. The summed E-state index contributed by atoms with van der Waals surface area (Å²) in [6, 6.07) is 6.17. The van der Waals surface area contributed by atoms with Crippen LogP contribution in [0.15, 0.2) is 40.0 Å². The molecule has 6 rings (SSSR count). The van der Waals surface area contributed by atoms with Crippen LogP contribution in [0.2, 0.25) is 0 Å². The van der Waals surface area contributed by atoms with Crippen molar-refractivity contribution in [3.8, 4) is 17.4 Å². The van der Waals surface area contributed by atoms with Crippen LogP contribution in [0.5, 0.6) is 5.88 Å². The molecule has 1 amide bonds. The first-order valence-electron chi connectivity index (χ1n) is 15.7. The van der Waals surface area contributed by atoms with Crippen LogP contribution in [-0.4, -0.2) is 77.7 Å². The van der Waals surface area contributed by atoms with Gasteiger partial charge >= 0.3 is 0 Å². The molecule has 1 aromatic carbocycles. The van der Waals surface area contributed by atoms with Crippen molar-refractivity contribution in [3.05, 3.63) is 58.5 Å². The summed E-state index contributed by atoms with van der Waals surface area (Å²) in [5, 5.41) is 16.7. The van der Waals surface area contributed by atoms with Gasteiger partial charge in [-0.1, -0.05) is 11.2 Å². The van der Waals surface area contributed by atoms with Crippen LogP contribution in [0.25, 0.3) is 11.5 Å². The summed E-state index contributed by atoms with van der Waals surface area (Å²) in [5.41, 5.74) is 11.7. The molecule has 1 spiro atoms. The van der Waals surface area contributed by atoms with Gasteiger partial charge < -0.3 is 20.3 Å². The van der Waals surface area contributed by atoms with E-state index in [1.54, 1.807) is 24.6 Å². The van der Waals surface area contributed by atoms with Gasteiger partial charge in [-0.2, -0.15) is 9.97 Å². The van der Waals surface area contributed by atoms with Crippen LogP contribution in [0.3, 0.4) is 0 Å². The van der Waals surface area contributed by atoms with Gasteiger partial charge in [0.2, 0.25) is 11.7 Å². The summed E-state index contributed by atoms with van der Waals surface area (Å²) in [7, 11) is 5.39. The minimum atomic E-state index is -0.465. The highest BCUT2D eigenvalue weighted by atomic mass is 16.5. The number of likely N-dealkylation sites (tertiary alicyclic amines) is 1. The molecule has 12 nitrogen and oxygen atoms in total. The maximum Gasteiger partial charge on any atom is 0.269 e. The lowest BCUT2D eigenvalue weighted by molar-refractivity contribution is -0.500. The minimum Gasteiger partial charge on any atom is -0.473 e. The number of fused-ring (bicyclic) bond motifs is 4. The molecular formula is C33H42N9O3+. The molecule has 1 fully saturated rings. The van der Waals surface area contributed by atoms with E-state index in [0.717, 1.165) is 68.4 Å². The molecule has 45 heavy (non-hydrogen) atoms. The Labute approximate surface area is 263 Å². The number of nitrogens with two attached hydrogens (primary N) is 2. The SMILES string of the molecule is CN=Cc1c(N)ccc2c1C1(CCCc3c(-c4nc([NH2+]/C=C\C(=N)C(=O)NC)cc(OC(C)C5CCCN5C)n4)noc31)CC2. The zero-order valence-electron chi connectivity index (χ0n) is 26.4. The fraction of sp³-hybridized carbons (Fsp3) is 0.455. The number of nitrogens with zero attached hydrogens (tertiary/aromatic N) is 5. The first-order chi connectivity index (χ1) is 21.8. The second kappa shape index (κ2) is 12.5. The second-order valence-corrected chi connectivity index (χ2v) is 12.3. The van der Waals surface area contributed by atoms with E-state index in [2.05, 4.69) is 40.4 Å². The van der Waals surface area contributed by atoms with E-state index in [0.29, 0.717) is 34.9 Å². The number of likely N-dealkylation sites (N-methyl/N-ethyl adjacent to an activating group) is 1. The Balaban J connectivity index is 1.39. The number of aryl methyl sites for hydroxylation is 1. The predicted molar refractivity (Wildman–Crippen MR) is 172 cm³/mol. The number of carbonyl (C=O) groups is 1. The number of carbonyl (C=O) groups excluding carboxylic acids is 1. The third-order valence-electron chi connectivity index (χ3n) is 9.54. The number of rotatable bonds is 9. The molecule has 236 valence electrons. The topological polar surface area (TPSA) is 172 Å². The van der Waals surface area contributed by atoms with Gasteiger partial charge in [-0.3, -0.25) is 25.4 Å². The maximum atomic E-state index is 11.8. The fourth-order valence-electron chi connectivity index (χ4n) is 7.39. The fourth-order valence-corrected chi connectivity index (χ4v) is 7.39. The zero-order chi connectivity index (χ0) is 31.7. The van der Waals surface area contributed by atoms with E-state index < -0.39 is 5.91 Å². The molecule has 1 aliphatic heterocycles. The molecule has 1 saturated heterocycles. The number of amides is 1. The van der Waals surface area contributed by atoms with Crippen molar-refractivity contribution in [1.29, 1.82) is 5.41 Å². The molecule has 3 aliphatic rings. The summed E-state index contributed by atoms with van der Waals surface area (Å²) in [5.74, 6) is 1.83. The van der Waals surface area contributed by atoms with Crippen molar-refractivity contribution >= 4 is 29.3 Å². The summed E-state index contributed by atoms with van der Waals surface area (Å²) in [4.78, 5) is 28.2. The molecule has 2 aromatic heterocycles. The molecule has 0 bridgehead atoms. The van der Waals surface area contributed by atoms with Gasteiger partial charge in [0, 0.05) is 49.2 Å². The molecule has 3 unspecified atom stereocenters. The third kappa shape index (κ3) is 5.64. The molecule has 6 N–H and O–H groups in total. The number of hydrogen-bond acceptors (Lipinski definition) is 10. The molecule has 3 heterocycles. The number of quaternary nitrogens is 1.